The summed E-state index contributed by atoms with van der Waals surface area (Å²) in [6.45, 7) is 1.78. The molecule has 0 saturated heterocycles. The van der Waals surface area contributed by atoms with Gasteiger partial charge >= 0.3 is 0 Å². The number of aliphatic imine (C=N–C) groups is 1. The number of amidine groups is 1. The lowest BCUT2D eigenvalue weighted by molar-refractivity contribution is -0.120. The lowest BCUT2D eigenvalue weighted by atomic mass is 10.2. The van der Waals surface area contributed by atoms with Crippen LogP contribution in [0.4, 0.5) is 4.39 Å². The van der Waals surface area contributed by atoms with Crippen molar-refractivity contribution in [3.8, 4) is 0 Å². The van der Waals surface area contributed by atoms with E-state index in [4.69, 9.17) is 0 Å². The number of hydrazone groups is 1. The van der Waals surface area contributed by atoms with E-state index >= 15 is 0 Å². The third kappa shape index (κ3) is 3.13. The van der Waals surface area contributed by atoms with Crippen molar-refractivity contribution in [1.82, 2.24) is 5.43 Å². The number of carbonyl (C=O) groups excluding carboxylic acids is 1. The van der Waals surface area contributed by atoms with Gasteiger partial charge in [0.1, 0.15) is 5.82 Å². The fourth-order valence-electron chi connectivity index (χ4n) is 1.17. The van der Waals surface area contributed by atoms with Crippen molar-refractivity contribution < 1.29 is 9.18 Å². The summed E-state index contributed by atoms with van der Waals surface area (Å²) in [4.78, 5) is 15.2. The van der Waals surface area contributed by atoms with E-state index in [1.165, 1.54) is 23.9 Å². The number of hydrogen-bond donors (Lipinski definition) is 1. The minimum atomic E-state index is -0.285. The standard InChI is InChI=1S/C11H10FN3OS/c1-7-10(16)14-15-11(17-7)13-6-8-2-4-9(12)5-3-8/h2-7H,1H3,(H,14,16). The van der Waals surface area contributed by atoms with Crippen LogP contribution in [0.25, 0.3) is 0 Å². The lowest BCUT2D eigenvalue weighted by Gasteiger charge is -2.13. The first-order chi connectivity index (χ1) is 8.15. The third-order valence-corrected chi connectivity index (χ3v) is 3.08. The Morgan fingerprint density at radius 1 is 1.47 bits per heavy atom. The number of thioether (sulfide) groups is 1. The van der Waals surface area contributed by atoms with Crippen molar-refractivity contribution in [2.75, 3.05) is 0 Å². The minimum absolute atomic E-state index is 0.129. The largest absolute Gasteiger partial charge is 0.272 e. The maximum Gasteiger partial charge on any atom is 0.253 e. The van der Waals surface area contributed by atoms with Crippen LogP contribution in [-0.4, -0.2) is 22.5 Å². The Balaban J connectivity index is 2.06. The third-order valence-electron chi connectivity index (χ3n) is 2.11. The summed E-state index contributed by atoms with van der Waals surface area (Å²) in [5, 5.41) is 4.09. The summed E-state index contributed by atoms with van der Waals surface area (Å²) in [5.41, 5.74) is 3.16. The first kappa shape index (κ1) is 11.8. The average Bonchev–Trinajstić information content (AvgIpc) is 2.33. The second-order valence-electron chi connectivity index (χ2n) is 3.44. The SMILES string of the molecule is CC1SC(N=Cc2ccc(F)cc2)=NNC1=O. The Morgan fingerprint density at radius 2 is 2.18 bits per heavy atom. The Labute approximate surface area is 102 Å². The maximum absolute atomic E-state index is 12.7. The number of nitrogens with one attached hydrogen (secondary N) is 1. The molecule has 0 aromatic heterocycles. The van der Waals surface area contributed by atoms with Crippen molar-refractivity contribution in [2.45, 2.75) is 12.2 Å². The van der Waals surface area contributed by atoms with Crippen LogP contribution in [0.2, 0.25) is 0 Å². The minimum Gasteiger partial charge on any atom is -0.272 e. The molecule has 17 heavy (non-hydrogen) atoms. The highest BCUT2D eigenvalue weighted by Crippen LogP contribution is 2.17. The van der Waals surface area contributed by atoms with E-state index < -0.39 is 0 Å². The summed E-state index contributed by atoms with van der Waals surface area (Å²) >= 11 is 1.28. The zero-order valence-corrected chi connectivity index (χ0v) is 9.87. The van der Waals surface area contributed by atoms with Crippen LogP contribution >= 0.6 is 11.8 Å². The van der Waals surface area contributed by atoms with Gasteiger partial charge in [-0.2, -0.15) is 0 Å². The van der Waals surface area contributed by atoms with Crippen LogP contribution < -0.4 is 5.43 Å². The molecule has 1 N–H and O–H groups in total. The van der Waals surface area contributed by atoms with E-state index in [0.29, 0.717) is 5.17 Å². The summed E-state index contributed by atoms with van der Waals surface area (Å²) < 4.78 is 12.7. The van der Waals surface area contributed by atoms with Crippen molar-refractivity contribution in [3.05, 3.63) is 35.6 Å². The molecule has 1 atom stereocenters. The van der Waals surface area contributed by atoms with Crippen molar-refractivity contribution >= 4 is 29.1 Å². The van der Waals surface area contributed by atoms with E-state index in [9.17, 15) is 9.18 Å². The van der Waals surface area contributed by atoms with Gasteiger partial charge in [-0.05, 0) is 24.6 Å². The molecule has 1 aliphatic heterocycles. The van der Waals surface area contributed by atoms with E-state index in [0.717, 1.165) is 5.56 Å². The smallest absolute Gasteiger partial charge is 0.253 e. The average molecular weight is 251 g/mol. The van der Waals surface area contributed by atoms with Crippen LogP contribution in [0, 0.1) is 5.82 Å². The number of hydrogen-bond acceptors (Lipinski definition) is 4. The highest BCUT2D eigenvalue weighted by Gasteiger charge is 2.20. The van der Waals surface area contributed by atoms with Gasteiger partial charge in [0.25, 0.3) is 5.91 Å². The molecule has 1 aliphatic rings. The fourth-order valence-corrected chi connectivity index (χ4v) is 1.86. The molecule has 1 heterocycles. The monoisotopic (exact) mass is 251 g/mol. The summed E-state index contributed by atoms with van der Waals surface area (Å²) in [7, 11) is 0. The predicted molar refractivity (Wildman–Crippen MR) is 66.6 cm³/mol. The topological polar surface area (TPSA) is 53.8 Å². The molecule has 1 aromatic carbocycles. The van der Waals surface area contributed by atoms with Crippen LogP contribution in [0.3, 0.4) is 0 Å². The van der Waals surface area contributed by atoms with Crippen LogP contribution in [0.15, 0.2) is 34.4 Å². The Hall–Kier alpha value is -1.69. The number of carbonyl (C=O) groups is 1. The predicted octanol–water partition coefficient (Wildman–Crippen LogP) is 1.77. The van der Waals surface area contributed by atoms with Crippen molar-refractivity contribution in [2.24, 2.45) is 10.1 Å². The van der Waals surface area contributed by atoms with Gasteiger partial charge in [-0.25, -0.2) is 14.8 Å². The molecule has 6 heteroatoms. The molecule has 2 rings (SSSR count). The fraction of sp³-hybridized carbons (Fsp3) is 0.182. The molecule has 1 amide bonds. The normalized spacial score (nSPS) is 20.2. The van der Waals surface area contributed by atoms with E-state index in [2.05, 4.69) is 15.5 Å². The Kier molecular flexibility index (Phi) is 3.53. The lowest BCUT2D eigenvalue weighted by Crippen LogP contribution is -2.32. The number of benzene rings is 1. The first-order valence-electron chi connectivity index (χ1n) is 4.99. The zero-order chi connectivity index (χ0) is 12.3. The summed E-state index contributed by atoms with van der Waals surface area (Å²) in [6.07, 6.45) is 1.58. The van der Waals surface area contributed by atoms with E-state index in [1.54, 1.807) is 25.3 Å². The molecule has 0 aliphatic carbocycles. The highest BCUT2D eigenvalue weighted by molar-refractivity contribution is 8.15. The van der Waals surface area contributed by atoms with Crippen LogP contribution in [0.5, 0.6) is 0 Å². The Morgan fingerprint density at radius 3 is 2.82 bits per heavy atom. The van der Waals surface area contributed by atoms with Gasteiger partial charge in [0.05, 0.1) is 5.25 Å². The summed E-state index contributed by atoms with van der Waals surface area (Å²) in [6, 6.07) is 5.97. The van der Waals surface area contributed by atoms with Gasteiger partial charge < -0.3 is 0 Å². The van der Waals surface area contributed by atoms with Crippen LogP contribution in [0.1, 0.15) is 12.5 Å². The molecule has 0 saturated carbocycles. The Bertz CT molecular complexity index is 484. The van der Waals surface area contributed by atoms with Crippen LogP contribution in [-0.2, 0) is 4.79 Å². The van der Waals surface area contributed by atoms with Crippen molar-refractivity contribution in [3.63, 3.8) is 0 Å². The van der Waals surface area contributed by atoms with Gasteiger partial charge in [-0.15, -0.1) is 5.10 Å². The van der Waals surface area contributed by atoms with Gasteiger partial charge in [0.15, 0.2) is 0 Å². The molecule has 0 radical (unpaired) electrons. The second-order valence-corrected chi connectivity index (χ2v) is 4.75. The van der Waals surface area contributed by atoms with E-state index in [1.807, 2.05) is 0 Å². The number of nitrogens with zero attached hydrogens (tertiary/aromatic N) is 2. The number of halogens is 1. The summed E-state index contributed by atoms with van der Waals surface area (Å²) in [5.74, 6) is -0.414. The number of rotatable bonds is 1. The molecule has 0 fully saturated rings. The highest BCUT2D eigenvalue weighted by atomic mass is 32.2. The number of amides is 1. The molecule has 1 aromatic rings. The zero-order valence-electron chi connectivity index (χ0n) is 9.05. The molecular weight excluding hydrogens is 241 g/mol. The second kappa shape index (κ2) is 5.09. The molecule has 0 bridgehead atoms. The molecule has 88 valence electrons. The van der Waals surface area contributed by atoms with E-state index in [-0.39, 0.29) is 17.0 Å². The first-order valence-corrected chi connectivity index (χ1v) is 5.87. The molecular formula is C11H10FN3OS. The van der Waals surface area contributed by atoms with Gasteiger partial charge in [0, 0.05) is 6.21 Å². The quantitative estimate of drug-likeness (QED) is 0.773. The van der Waals surface area contributed by atoms with Crippen molar-refractivity contribution in [1.29, 1.82) is 0 Å². The van der Waals surface area contributed by atoms with Gasteiger partial charge in [-0.3, -0.25) is 4.79 Å². The molecule has 1 unspecified atom stereocenters. The van der Waals surface area contributed by atoms with Gasteiger partial charge in [0.2, 0.25) is 5.17 Å². The molecule has 0 spiro atoms. The molecule has 4 nitrogen and oxygen atoms in total. The maximum atomic E-state index is 12.7. The van der Waals surface area contributed by atoms with Gasteiger partial charge in [-0.1, -0.05) is 23.9 Å².